The third-order valence-electron chi connectivity index (χ3n) is 3.85. The van der Waals surface area contributed by atoms with Crippen LogP contribution in [0.1, 0.15) is 40.6 Å². The van der Waals surface area contributed by atoms with Crippen LogP contribution in [0, 0.1) is 0 Å². The molecule has 1 aliphatic rings. The number of nitrogens with one attached hydrogen (secondary N) is 2. The second-order valence-corrected chi connectivity index (χ2v) is 6.53. The molecule has 2 aromatic heterocycles. The lowest BCUT2D eigenvalue weighted by Gasteiger charge is -1.99. The average molecular weight is 324 g/mol. The molecule has 0 aliphatic heterocycles. The second-order valence-electron chi connectivity index (χ2n) is 5.68. The van der Waals surface area contributed by atoms with Crippen LogP contribution in [0.25, 0.3) is 10.6 Å². The van der Waals surface area contributed by atoms with E-state index in [4.69, 9.17) is 0 Å². The zero-order valence-corrected chi connectivity index (χ0v) is 13.3. The molecule has 2 N–H and O–H groups in total. The fourth-order valence-corrected chi connectivity index (χ4v) is 3.25. The maximum Gasteiger partial charge on any atom is 0.272 e. The summed E-state index contributed by atoms with van der Waals surface area (Å²) in [6.07, 6.45) is 2.37. The number of nitrogens with zero attached hydrogens (tertiary/aromatic N) is 2. The van der Waals surface area contributed by atoms with E-state index in [9.17, 15) is 4.79 Å². The van der Waals surface area contributed by atoms with Crippen molar-refractivity contribution in [2.75, 3.05) is 0 Å². The lowest BCUT2D eigenvalue weighted by molar-refractivity contribution is 0.0945. The number of aromatic amines is 1. The number of benzene rings is 1. The summed E-state index contributed by atoms with van der Waals surface area (Å²) in [6.45, 7) is 0.411. The number of amides is 1. The zero-order chi connectivity index (χ0) is 15.6. The first kappa shape index (κ1) is 14.1. The van der Waals surface area contributed by atoms with Gasteiger partial charge in [0, 0.05) is 22.6 Å². The Bertz CT molecular complexity index is 820. The Balaban J connectivity index is 1.38. The van der Waals surface area contributed by atoms with Crippen molar-refractivity contribution in [3.8, 4) is 10.6 Å². The van der Waals surface area contributed by atoms with Crippen molar-refractivity contribution in [3.63, 3.8) is 0 Å². The highest BCUT2D eigenvalue weighted by molar-refractivity contribution is 7.13. The van der Waals surface area contributed by atoms with Gasteiger partial charge in [-0.15, -0.1) is 11.3 Å². The highest BCUT2D eigenvalue weighted by Crippen LogP contribution is 2.38. The van der Waals surface area contributed by atoms with Gasteiger partial charge in [0.15, 0.2) is 0 Å². The average Bonchev–Trinajstić information content (AvgIpc) is 3.14. The Hall–Kier alpha value is -2.47. The normalized spacial score (nSPS) is 13.9. The fourth-order valence-electron chi connectivity index (χ4n) is 2.42. The molecule has 116 valence electrons. The van der Waals surface area contributed by atoms with Gasteiger partial charge in [0.25, 0.3) is 5.91 Å². The lowest BCUT2D eigenvalue weighted by atomic mass is 10.2. The molecule has 5 nitrogen and oxygen atoms in total. The van der Waals surface area contributed by atoms with E-state index in [1.54, 1.807) is 11.3 Å². The molecule has 1 amide bonds. The summed E-state index contributed by atoms with van der Waals surface area (Å²) >= 11 is 1.58. The van der Waals surface area contributed by atoms with Gasteiger partial charge >= 0.3 is 0 Å². The van der Waals surface area contributed by atoms with Crippen LogP contribution in [0.15, 0.2) is 41.8 Å². The Morgan fingerprint density at radius 1 is 1.30 bits per heavy atom. The summed E-state index contributed by atoms with van der Waals surface area (Å²) < 4.78 is 0. The zero-order valence-electron chi connectivity index (χ0n) is 12.5. The largest absolute Gasteiger partial charge is 0.345 e. The van der Waals surface area contributed by atoms with Crippen molar-refractivity contribution < 1.29 is 4.79 Å². The lowest BCUT2D eigenvalue weighted by Crippen LogP contribution is -2.23. The maximum absolute atomic E-state index is 12.1. The van der Waals surface area contributed by atoms with Crippen molar-refractivity contribution in [1.29, 1.82) is 0 Å². The molecule has 2 heterocycles. The van der Waals surface area contributed by atoms with Crippen molar-refractivity contribution in [2.24, 2.45) is 0 Å². The molecular formula is C17H16N4OS. The molecule has 1 aromatic carbocycles. The molecule has 6 heteroatoms. The number of H-pyrrole nitrogens is 1. The van der Waals surface area contributed by atoms with Gasteiger partial charge in [-0.1, -0.05) is 30.3 Å². The van der Waals surface area contributed by atoms with E-state index in [0.29, 0.717) is 18.2 Å². The van der Waals surface area contributed by atoms with Crippen LogP contribution in [-0.2, 0) is 6.54 Å². The van der Waals surface area contributed by atoms with Gasteiger partial charge in [0.05, 0.1) is 12.2 Å². The molecule has 4 rings (SSSR count). The summed E-state index contributed by atoms with van der Waals surface area (Å²) in [6, 6.07) is 11.9. The molecule has 0 saturated heterocycles. The van der Waals surface area contributed by atoms with Crippen LogP contribution < -0.4 is 5.32 Å². The molecule has 1 fully saturated rings. The first-order chi connectivity index (χ1) is 11.3. The molecule has 1 aliphatic carbocycles. The van der Waals surface area contributed by atoms with Gasteiger partial charge in [-0.05, 0) is 18.9 Å². The highest BCUT2D eigenvalue weighted by atomic mass is 32.1. The Kier molecular flexibility index (Phi) is 3.67. The number of aromatic nitrogens is 3. The van der Waals surface area contributed by atoms with E-state index in [-0.39, 0.29) is 5.91 Å². The van der Waals surface area contributed by atoms with Gasteiger partial charge in [-0.25, -0.2) is 4.98 Å². The number of carbonyl (C=O) groups excluding carboxylic acids is 1. The van der Waals surface area contributed by atoms with Gasteiger partial charge < -0.3 is 5.32 Å². The third kappa shape index (κ3) is 3.17. The minimum absolute atomic E-state index is 0.164. The summed E-state index contributed by atoms with van der Waals surface area (Å²) in [5, 5.41) is 12.8. The first-order valence-corrected chi connectivity index (χ1v) is 8.51. The quantitative estimate of drug-likeness (QED) is 0.756. The number of rotatable bonds is 5. The molecule has 23 heavy (non-hydrogen) atoms. The Morgan fingerprint density at radius 3 is 2.91 bits per heavy atom. The van der Waals surface area contributed by atoms with Crippen molar-refractivity contribution >= 4 is 17.2 Å². The minimum Gasteiger partial charge on any atom is -0.345 e. The molecule has 0 unspecified atom stereocenters. The SMILES string of the molecule is O=C(NCc1csc(-c2ccccc2)n1)c1cc(C2CC2)[nH]n1. The standard InChI is InChI=1S/C17H16N4OS/c22-16(15-8-14(20-21-15)11-6-7-11)18-9-13-10-23-17(19-13)12-4-2-1-3-5-12/h1-5,8,10-11H,6-7,9H2,(H,18,22)(H,20,21). The van der Waals surface area contributed by atoms with Crippen LogP contribution in [-0.4, -0.2) is 21.1 Å². The van der Waals surface area contributed by atoms with Crippen molar-refractivity contribution in [1.82, 2.24) is 20.5 Å². The molecule has 0 spiro atoms. The van der Waals surface area contributed by atoms with Crippen LogP contribution in [0.3, 0.4) is 0 Å². The first-order valence-electron chi connectivity index (χ1n) is 7.63. The third-order valence-corrected chi connectivity index (χ3v) is 4.79. The van der Waals surface area contributed by atoms with Gasteiger partial charge in [0.1, 0.15) is 10.7 Å². The number of hydrogen-bond donors (Lipinski definition) is 2. The van der Waals surface area contributed by atoms with Crippen LogP contribution >= 0.6 is 11.3 Å². The molecule has 0 radical (unpaired) electrons. The summed E-state index contributed by atoms with van der Waals surface area (Å²) in [5.74, 6) is 0.401. The molecule has 1 saturated carbocycles. The van der Waals surface area contributed by atoms with Gasteiger partial charge in [-0.2, -0.15) is 5.10 Å². The Morgan fingerprint density at radius 2 is 2.13 bits per heavy atom. The summed E-state index contributed by atoms with van der Waals surface area (Å²) in [7, 11) is 0. The number of carbonyl (C=O) groups is 1. The van der Waals surface area contributed by atoms with Gasteiger partial charge in [0.2, 0.25) is 0 Å². The smallest absolute Gasteiger partial charge is 0.272 e. The van der Waals surface area contributed by atoms with Crippen LogP contribution in [0.4, 0.5) is 0 Å². The topological polar surface area (TPSA) is 70.7 Å². The van der Waals surface area contributed by atoms with Crippen LogP contribution in [0.2, 0.25) is 0 Å². The minimum atomic E-state index is -0.164. The van der Waals surface area contributed by atoms with Crippen molar-refractivity contribution in [3.05, 3.63) is 58.9 Å². The monoisotopic (exact) mass is 324 g/mol. The van der Waals surface area contributed by atoms with E-state index >= 15 is 0 Å². The van der Waals surface area contributed by atoms with E-state index in [1.165, 1.54) is 12.8 Å². The molecule has 0 bridgehead atoms. The number of hydrogen-bond acceptors (Lipinski definition) is 4. The van der Waals surface area contributed by atoms with Gasteiger partial charge in [-0.3, -0.25) is 9.89 Å². The van der Waals surface area contributed by atoms with E-state index in [1.807, 2.05) is 41.8 Å². The van der Waals surface area contributed by atoms with E-state index in [0.717, 1.165) is 22.0 Å². The summed E-state index contributed by atoms with van der Waals surface area (Å²) in [4.78, 5) is 16.7. The van der Waals surface area contributed by atoms with Crippen LogP contribution in [0.5, 0.6) is 0 Å². The Labute approximate surface area is 137 Å². The number of thiazole rings is 1. The molecule has 0 atom stereocenters. The van der Waals surface area contributed by atoms with Crippen molar-refractivity contribution in [2.45, 2.75) is 25.3 Å². The summed E-state index contributed by atoms with van der Waals surface area (Å²) in [5.41, 5.74) is 3.47. The molecule has 3 aromatic rings. The predicted octanol–water partition coefficient (Wildman–Crippen LogP) is 3.34. The highest BCUT2D eigenvalue weighted by Gasteiger charge is 2.26. The van der Waals surface area contributed by atoms with E-state index < -0.39 is 0 Å². The predicted molar refractivity (Wildman–Crippen MR) is 89.3 cm³/mol. The maximum atomic E-state index is 12.1. The molecular weight excluding hydrogens is 308 g/mol. The second kappa shape index (κ2) is 5.96. The van der Waals surface area contributed by atoms with E-state index in [2.05, 4.69) is 20.5 Å². The fraction of sp³-hybridized carbons (Fsp3) is 0.235.